The highest BCUT2D eigenvalue weighted by atomic mass is 16.5. The monoisotopic (exact) mass is 298 g/mol. The van der Waals surface area contributed by atoms with Crippen LogP contribution in [0.25, 0.3) is 0 Å². The number of carbonyl (C=O) groups excluding carboxylic acids is 2. The average Bonchev–Trinajstić information content (AvgIpc) is 2.72. The molecule has 0 bridgehead atoms. The molecule has 0 atom stereocenters. The number of nitrogens with one attached hydrogen (secondary N) is 1. The maximum Gasteiger partial charge on any atom is 0.331 e. The van der Waals surface area contributed by atoms with E-state index < -0.39 is 5.54 Å². The third-order valence-corrected chi connectivity index (χ3v) is 4.27. The molecule has 0 heterocycles. The lowest BCUT2D eigenvalue weighted by molar-refractivity contribution is -0.151. The van der Waals surface area contributed by atoms with Gasteiger partial charge in [-0.3, -0.25) is 4.79 Å². The number of unbranched alkanes of at least 4 members (excludes halogenated alkanes) is 3. The SMILES string of the molecule is COC(=O)C1(NC(=O)CCCCCCN)CCCCCC1. The molecule has 0 aromatic rings. The fraction of sp³-hybridized carbons (Fsp3) is 0.875. The number of nitrogens with two attached hydrogens (primary N) is 1. The molecular formula is C16H30N2O3. The summed E-state index contributed by atoms with van der Waals surface area (Å²) in [7, 11) is 1.40. The Morgan fingerprint density at radius 1 is 1.05 bits per heavy atom. The second-order valence-electron chi connectivity index (χ2n) is 5.99. The van der Waals surface area contributed by atoms with Crippen LogP contribution in [0.15, 0.2) is 0 Å². The van der Waals surface area contributed by atoms with Gasteiger partial charge in [0.25, 0.3) is 0 Å². The molecule has 0 spiro atoms. The molecule has 0 aromatic heterocycles. The largest absolute Gasteiger partial charge is 0.467 e. The highest BCUT2D eigenvalue weighted by Crippen LogP contribution is 2.28. The van der Waals surface area contributed by atoms with Crippen LogP contribution >= 0.6 is 0 Å². The Labute approximate surface area is 128 Å². The van der Waals surface area contributed by atoms with E-state index in [1.807, 2.05) is 0 Å². The van der Waals surface area contributed by atoms with Crippen molar-refractivity contribution in [3.8, 4) is 0 Å². The average molecular weight is 298 g/mol. The molecule has 1 saturated carbocycles. The smallest absolute Gasteiger partial charge is 0.331 e. The Balaban J connectivity index is 2.48. The first-order valence-electron chi connectivity index (χ1n) is 8.24. The molecule has 5 heteroatoms. The topological polar surface area (TPSA) is 81.4 Å². The summed E-state index contributed by atoms with van der Waals surface area (Å²) in [5.41, 5.74) is 4.65. The Hall–Kier alpha value is -1.10. The van der Waals surface area contributed by atoms with E-state index in [4.69, 9.17) is 10.5 Å². The van der Waals surface area contributed by atoms with Crippen molar-refractivity contribution in [1.82, 2.24) is 5.32 Å². The summed E-state index contributed by atoms with van der Waals surface area (Å²) in [6, 6.07) is 0. The molecule has 1 amide bonds. The molecule has 0 aliphatic heterocycles. The molecule has 5 nitrogen and oxygen atoms in total. The summed E-state index contributed by atoms with van der Waals surface area (Å²) in [6.45, 7) is 0.706. The minimum atomic E-state index is -0.792. The minimum absolute atomic E-state index is 0.0324. The number of rotatable bonds is 8. The Morgan fingerprint density at radius 3 is 2.24 bits per heavy atom. The van der Waals surface area contributed by atoms with Crippen molar-refractivity contribution in [2.75, 3.05) is 13.7 Å². The first-order valence-corrected chi connectivity index (χ1v) is 8.24. The predicted octanol–water partition coefficient (Wildman–Crippen LogP) is 2.28. The van der Waals surface area contributed by atoms with Crippen LogP contribution in [0.2, 0.25) is 0 Å². The number of ether oxygens (including phenoxy) is 1. The van der Waals surface area contributed by atoms with Gasteiger partial charge >= 0.3 is 5.97 Å². The van der Waals surface area contributed by atoms with Gasteiger partial charge in [0.05, 0.1) is 7.11 Å². The lowest BCUT2D eigenvalue weighted by Gasteiger charge is -2.31. The van der Waals surface area contributed by atoms with Crippen LogP contribution < -0.4 is 11.1 Å². The summed E-state index contributed by atoms with van der Waals surface area (Å²) in [6.07, 6.45) is 9.96. The lowest BCUT2D eigenvalue weighted by atomic mass is 9.89. The van der Waals surface area contributed by atoms with E-state index in [0.29, 0.717) is 25.8 Å². The van der Waals surface area contributed by atoms with Crippen LogP contribution in [0.1, 0.15) is 70.6 Å². The van der Waals surface area contributed by atoms with Crippen molar-refractivity contribution in [1.29, 1.82) is 0 Å². The van der Waals surface area contributed by atoms with E-state index in [0.717, 1.165) is 51.4 Å². The summed E-state index contributed by atoms with van der Waals surface area (Å²) >= 11 is 0. The van der Waals surface area contributed by atoms with Crippen LogP contribution in [-0.2, 0) is 14.3 Å². The standard InChI is InChI=1S/C16H30N2O3/c1-21-15(20)16(11-7-3-4-8-12-16)18-14(19)10-6-2-5-9-13-17/h2-13,17H2,1H3,(H,18,19). The maximum absolute atomic E-state index is 12.1. The van der Waals surface area contributed by atoms with E-state index in [2.05, 4.69) is 5.32 Å². The quantitative estimate of drug-likeness (QED) is 0.409. The van der Waals surface area contributed by atoms with Gasteiger partial charge in [-0.25, -0.2) is 4.79 Å². The van der Waals surface area contributed by atoms with Gasteiger partial charge in [0, 0.05) is 6.42 Å². The minimum Gasteiger partial charge on any atom is -0.467 e. The third kappa shape index (κ3) is 6.04. The second kappa shape index (κ2) is 9.77. The molecule has 0 radical (unpaired) electrons. The first-order chi connectivity index (χ1) is 10.1. The molecule has 21 heavy (non-hydrogen) atoms. The zero-order chi connectivity index (χ0) is 15.6. The van der Waals surface area contributed by atoms with Crippen molar-refractivity contribution >= 4 is 11.9 Å². The van der Waals surface area contributed by atoms with Crippen LogP contribution in [0.4, 0.5) is 0 Å². The van der Waals surface area contributed by atoms with E-state index >= 15 is 0 Å². The van der Waals surface area contributed by atoms with Crippen LogP contribution in [-0.4, -0.2) is 31.1 Å². The number of hydrogen-bond acceptors (Lipinski definition) is 4. The van der Waals surface area contributed by atoms with Gasteiger partial charge < -0.3 is 15.8 Å². The normalized spacial score (nSPS) is 17.8. The summed E-state index contributed by atoms with van der Waals surface area (Å²) in [5.74, 6) is -0.323. The molecular weight excluding hydrogens is 268 g/mol. The molecule has 0 unspecified atom stereocenters. The van der Waals surface area contributed by atoms with Crippen LogP contribution in [0.3, 0.4) is 0 Å². The fourth-order valence-electron chi connectivity index (χ4n) is 3.02. The fourth-order valence-corrected chi connectivity index (χ4v) is 3.02. The van der Waals surface area contributed by atoms with Crippen molar-refractivity contribution in [2.24, 2.45) is 5.73 Å². The zero-order valence-corrected chi connectivity index (χ0v) is 13.3. The summed E-state index contributed by atoms with van der Waals surface area (Å²) in [4.78, 5) is 24.3. The summed E-state index contributed by atoms with van der Waals surface area (Å²) < 4.78 is 4.94. The van der Waals surface area contributed by atoms with Crippen molar-refractivity contribution in [3.05, 3.63) is 0 Å². The van der Waals surface area contributed by atoms with E-state index in [1.54, 1.807) is 0 Å². The van der Waals surface area contributed by atoms with Crippen molar-refractivity contribution in [3.63, 3.8) is 0 Å². The summed E-state index contributed by atoms with van der Waals surface area (Å²) in [5, 5.41) is 2.98. The molecule has 1 fully saturated rings. The number of hydrogen-bond donors (Lipinski definition) is 2. The van der Waals surface area contributed by atoms with E-state index in [9.17, 15) is 9.59 Å². The zero-order valence-electron chi connectivity index (χ0n) is 13.3. The Kier molecular flexibility index (Phi) is 8.35. The molecule has 1 rings (SSSR count). The van der Waals surface area contributed by atoms with Gasteiger partial charge in [-0.1, -0.05) is 38.5 Å². The first kappa shape index (κ1) is 18.0. The number of esters is 1. The molecule has 122 valence electrons. The van der Waals surface area contributed by atoms with Gasteiger partial charge in [-0.2, -0.15) is 0 Å². The van der Waals surface area contributed by atoms with Crippen molar-refractivity contribution in [2.45, 2.75) is 76.2 Å². The molecule has 1 aliphatic carbocycles. The Morgan fingerprint density at radius 2 is 1.67 bits per heavy atom. The van der Waals surface area contributed by atoms with Crippen molar-refractivity contribution < 1.29 is 14.3 Å². The highest BCUT2D eigenvalue weighted by molar-refractivity contribution is 5.88. The second-order valence-corrected chi connectivity index (χ2v) is 5.99. The molecule has 0 saturated heterocycles. The number of carbonyl (C=O) groups is 2. The number of amides is 1. The van der Waals surface area contributed by atoms with Gasteiger partial charge in [0.1, 0.15) is 5.54 Å². The molecule has 0 aromatic carbocycles. The highest BCUT2D eigenvalue weighted by Gasteiger charge is 2.40. The number of methoxy groups -OCH3 is 1. The molecule has 3 N–H and O–H groups in total. The van der Waals surface area contributed by atoms with Crippen LogP contribution in [0, 0.1) is 0 Å². The maximum atomic E-state index is 12.1. The van der Waals surface area contributed by atoms with Gasteiger partial charge in [-0.05, 0) is 32.2 Å². The van der Waals surface area contributed by atoms with E-state index in [-0.39, 0.29) is 11.9 Å². The predicted molar refractivity (Wildman–Crippen MR) is 82.7 cm³/mol. The lowest BCUT2D eigenvalue weighted by Crippen LogP contribution is -2.54. The van der Waals surface area contributed by atoms with E-state index in [1.165, 1.54) is 7.11 Å². The van der Waals surface area contributed by atoms with Crippen LogP contribution in [0.5, 0.6) is 0 Å². The van der Waals surface area contributed by atoms with Gasteiger partial charge in [0.2, 0.25) is 5.91 Å². The van der Waals surface area contributed by atoms with Gasteiger partial charge in [-0.15, -0.1) is 0 Å². The third-order valence-electron chi connectivity index (χ3n) is 4.27. The Bertz CT molecular complexity index is 323. The molecule has 1 aliphatic rings. The van der Waals surface area contributed by atoms with Gasteiger partial charge in [0.15, 0.2) is 0 Å².